The number of nitrogens with one attached hydrogen (secondary N) is 1. The molecule has 13 nitrogen and oxygen atoms in total. The van der Waals surface area contributed by atoms with Crippen molar-refractivity contribution in [2.45, 2.75) is 44.9 Å². The predicted molar refractivity (Wildman–Crippen MR) is 199 cm³/mol. The topological polar surface area (TPSA) is 138 Å². The highest BCUT2D eigenvalue weighted by molar-refractivity contribution is 5.79. The molecule has 298 valence electrons. The summed E-state index contributed by atoms with van der Waals surface area (Å²) in [7, 11) is 0. The third kappa shape index (κ3) is 20.2. The van der Waals surface area contributed by atoms with Gasteiger partial charge in [0.2, 0.25) is 0 Å². The van der Waals surface area contributed by atoms with Gasteiger partial charge in [-0.05, 0) is 28.7 Å². The first-order valence-corrected chi connectivity index (χ1v) is 19.1. The number of unbranched alkanes of at least 4 members (excludes halogenated alkanes) is 3. The van der Waals surface area contributed by atoms with Crippen LogP contribution in [0.1, 0.15) is 56.1 Å². The Hall–Kier alpha value is -3.14. The molecule has 1 aliphatic rings. The van der Waals surface area contributed by atoms with Crippen molar-refractivity contribution in [2.75, 3.05) is 125 Å². The summed E-state index contributed by atoms with van der Waals surface area (Å²) in [6.07, 6.45) is 4.28. The van der Waals surface area contributed by atoms with Gasteiger partial charge in [-0.3, -0.25) is 4.79 Å². The van der Waals surface area contributed by atoms with Crippen LogP contribution >= 0.6 is 0 Å². The minimum absolute atomic E-state index is 0.0355. The van der Waals surface area contributed by atoms with Gasteiger partial charge in [-0.25, -0.2) is 4.79 Å². The van der Waals surface area contributed by atoms with Gasteiger partial charge in [0.05, 0.1) is 106 Å². The number of carbonyl (C=O) groups is 2. The molecule has 0 unspecified atom stereocenters. The SMILES string of the molecule is CCCCCCC(=O)OCCOCCOCCOCCOCCOCCOCCOCCOCCNC(=O)OCC1c2ccccc2-c2ccccc21. The maximum absolute atomic E-state index is 12.2. The molecule has 0 aromatic heterocycles. The molecule has 2 aromatic rings. The Morgan fingerprint density at radius 3 is 1.38 bits per heavy atom. The van der Waals surface area contributed by atoms with Gasteiger partial charge in [-0.1, -0.05) is 74.7 Å². The molecule has 1 amide bonds. The van der Waals surface area contributed by atoms with E-state index in [2.05, 4.69) is 36.5 Å². The van der Waals surface area contributed by atoms with Crippen molar-refractivity contribution >= 4 is 12.1 Å². The lowest BCUT2D eigenvalue weighted by Crippen LogP contribution is -2.29. The van der Waals surface area contributed by atoms with E-state index in [9.17, 15) is 9.59 Å². The predicted octanol–water partition coefficient (Wildman–Crippen LogP) is 5.17. The summed E-state index contributed by atoms with van der Waals surface area (Å²) >= 11 is 0. The lowest BCUT2D eigenvalue weighted by molar-refractivity contribution is -0.145. The third-order valence-corrected chi connectivity index (χ3v) is 8.19. The van der Waals surface area contributed by atoms with Crippen LogP contribution in [0.25, 0.3) is 11.1 Å². The van der Waals surface area contributed by atoms with E-state index in [0.717, 1.165) is 25.7 Å². The molecular weight excluding hydrogens is 686 g/mol. The van der Waals surface area contributed by atoms with Crippen molar-refractivity contribution in [1.82, 2.24) is 5.32 Å². The molecule has 0 spiro atoms. The molecule has 1 aliphatic carbocycles. The van der Waals surface area contributed by atoms with Crippen molar-refractivity contribution in [2.24, 2.45) is 0 Å². The normalized spacial score (nSPS) is 12.1. The molecule has 0 aliphatic heterocycles. The largest absolute Gasteiger partial charge is 0.463 e. The Balaban J connectivity index is 0.963. The molecule has 13 heteroatoms. The van der Waals surface area contributed by atoms with E-state index in [1.807, 2.05) is 24.3 Å². The Morgan fingerprint density at radius 1 is 0.509 bits per heavy atom. The highest BCUT2D eigenvalue weighted by Gasteiger charge is 2.28. The monoisotopic (exact) mass is 747 g/mol. The van der Waals surface area contributed by atoms with Gasteiger partial charge in [0.15, 0.2) is 0 Å². The van der Waals surface area contributed by atoms with Crippen LogP contribution in [0.2, 0.25) is 0 Å². The Morgan fingerprint density at radius 2 is 0.925 bits per heavy atom. The Labute approximate surface area is 315 Å². The molecule has 3 rings (SSSR count). The number of ether oxygens (including phenoxy) is 10. The first-order valence-electron chi connectivity index (χ1n) is 19.1. The maximum Gasteiger partial charge on any atom is 0.407 e. The zero-order chi connectivity index (χ0) is 37.4. The fraction of sp³-hybridized carbons (Fsp3) is 0.650. The van der Waals surface area contributed by atoms with Gasteiger partial charge >= 0.3 is 12.1 Å². The van der Waals surface area contributed by atoms with Gasteiger partial charge in [0, 0.05) is 18.9 Å². The van der Waals surface area contributed by atoms with Crippen LogP contribution in [-0.4, -0.2) is 138 Å². The van der Waals surface area contributed by atoms with Crippen molar-refractivity contribution < 1.29 is 57.0 Å². The fourth-order valence-electron chi connectivity index (χ4n) is 5.50. The highest BCUT2D eigenvalue weighted by atomic mass is 16.6. The molecule has 0 fully saturated rings. The molecular formula is C40H61NO12. The second-order valence-electron chi connectivity index (χ2n) is 12.2. The van der Waals surface area contributed by atoms with Crippen LogP contribution in [0.15, 0.2) is 48.5 Å². The number of hydrogen-bond donors (Lipinski definition) is 1. The molecule has 0 radical (unpaired) electrons. The standard InChI is InChI=1S/C40H61NO12/c1-2-3-4-5-14-39(42)52-32-31-51-30-29-50-28-27-49-26-25-48-24-23-47-22-21-46-20-19-45-18-17-44-16-15-41-40(43)53-33-38-36-12-8-6-10-34(36)35-11-7-9-13-37(35)38/h6-13,38H,2-5,14-33H2,1H3,(H,41,43). The number of alkyl carbamates (subject to hydrolysis) is 1. The number of carbonyl (C=O) groups excluding carboxylic acids is 2. The molecule has 1 N–H and O–H groups in total. The van der Waals surface area contributed by atoms with Crippen LogP contribution < -0.4 is 5.32 Å². The molecule has 53 heavy (non-hydrogen) atoms. The third-order valence-electron chi connectivity index (χ3n) is 8.19. The minimum atomic E-state index is -0.454. The average molecular weight is 748 g/mol. The minimum Gasteiger partial charge on any atom is -0.463 e. The summed E-state index contributed by atoms with van der Waals surface area (Å²) in [6.45, 7) is 10.3. The van der Waals surface area contributed by atoms with Gasteiger partial charge in [0.25, 0.3) is 0 Å². The quantitative estimate of drug-likeness (QED) is 0.0747. The molecule has 0 heterocycles. The van der Waals surface area contributed by atoms with Crippen molar-refractivity contribution in [1.29, 1.82) is 0 Å². The Bertz CT molecular complexity index is 1190. The van der Waals surface area contributed by atoms with E-state index in [-0.39, 0.29) is 25.1 Å². The van der Waals surface area contributed by atoms with Gasteiger partial charge in [-0.15, -0.1) is 0 Å². The van der Waals surface area contributed by atoms with E-state index < -0.39 is 6.09 Å². The van der Waals surface area contributed by atoms with Crippen molar-refractivity contribution in [3.8, 4) is 11.1 Å². The van der Waals surface area contributed by atoms with Crippen LogP contribution in [0.4, 0.5) is 4.79 Å². The van der Waals surface area contributed by atoms with Crippen molar-refractivity contribution in [3.63, 3.8) is 0 Å². The second kappa shape index (κ2) is 30.2. The summed E-state index contributed by atoms with van der Waals surface area (Å²) in [5.74, 6) is -0.121. The van der Waals surface area contributed by atoms with Crippen LogP contribution in [0.5, 0.6) is 0 Å². The summed E-state index contributed by atoms with van der Waals surface area (Å²) in [6, 6.07) is 16.5. The van der Waals surface area contributed by atoms with Gasteiger partial charge in [-0.2, -0.15) is 0 Å². The van der Waals surface area contributed by atoms with Crippen LogP contribution in [-0.2, 0) is 52.2 Å². The van der Waals surface area contributed by atoms with Crippen LogP contribution in [0.3, 0.4) is 0 Å². The summed E-state index contributed by atoms with van der Waals surface area (Å²) in [4.78, 5) is 23.8. The molecule has 0 saturated carbocycles. The lowest BCUT2D eigenvalue weighted by atomic mass is 9.98. The zero-order valence-corrected chi connectivity index (χ0v) is 31.6. The highest BCUT2D eigenvalue weighted by Crippen LogP contribution is 2.44. The number of fused-ring (bicyclic) bond motifs is 3. The number of amides is 1. The number of benzene rings is 2. The van der Waals surface area contributed by atoms with E-state index in [1.54, 1.807) is 0 Å². The molecule has 0 saturated heterocycles. The Kier molecular flexibility index (Phi) is 25.2. The van der Waals surface area contributed by atoms with Crippen molar-refractivity contribution in [3.05, 3.63) is 59.7 Å². The number of rotatable bonds is 34. The zero-order valence-electron chi connectivity index (χ0n) is 31.6. The maximum atomic E-state index is 12.2. The lowest BCUT2D eigenvalue weighted by Gasteiger charge is -2.14. The van der Waals surface area contributed by atoms with E-state index in [0.29, 0.717) is 119 Å². The van der Waals surface area contributed by atoms with Gasteiger partial charge in [0.1, 0.15) is 13.2 Å². The van der Waals surface area contributed by atoms with E-state index >= 15 is 0 Å². The summed E-state index contributed by atoms with van der Waals surface area (Å²) in [5, 5.41) is 2.74. The van der Waals surface area contributed by atoms with E-state index in [4.69, 9.17) is 47.4 Å². The summed E-state index contributed by atoms with van der Waals surface area (Å²) < 4.78 is 54.5. The smallest absolute Gasteiger partial charge is 0.407 e. The molecule has 0 atom stereocenters. The van der Waals surface area contributed by atoms with Gasteiger partial charge < -0.3 is 52.7 Å². The molecule has 0 bridgehead atoms. The average Bonchev–Trinajstić information content (AvgIpc) is 3.50. The summed E-state index contributed by atoms with van der Waals surface area (Å²) in [5.41, 5.74) is 4.77. The fourth-order valence-corrected chi connectivity index (χ4v) is 5.50. The second-order valence-corrected chi connectivity index (χ2v) is 12.2. The first-order chi connectivity index (χ1) is 26.2. The first kappa shape index (κ1) is 44.3. The van der Waals surface area contributed by atoms with E-state index in [1.165, 1.54) is 22.3 Å². The number of esters is 1. The number of hydrogen-bond acceptors (Lipinski definition) is 12. The van der Waals surface area contributed by atoms with Crippen LogP contribution in [0, 0.1) is 0 Å². The molecule has 2 aromatic carbocycles.